The Hall–Kier alpha value is -5.00. The number of aldehydes is 1. The minimum absolute atomic E-state index is 0.0146. The van der Waals surface area contributed by atoms with E-state index in [1.54, 1.807) is 11.1 Å². The Morgan fingerprint density at radius 2 is 0.664 bits per heavy atom. The number of hydrogen-bond acceptors (Lipinski definition) is 5. The number of allylic oxidation sites excluding steroid dienone is 2. The van der Waals surface area contributed by atoms with Gasteiger partial charge in [-0.25, -0.2) is 30.1 Å². The van der Waals surface area contributed by atoms with Gasteiger partial charge in [0.25, 0.3) is 0 Å². The molecule has 19 heteroatoms. The Balaban J connectivity index is 0.000000142. The summed E-state index contributed by atoms with van der Waals surface area (Å²) in [7, 11) is 14.4. The highest BCUT2D eigenvalue weighted by molar-refractivity contribution is 9.11. The molecule has 0 atom stereocenters. The van der Waals surface area contributed by atoms with E-state index in [1.165, 1.54) is 369 Å². The lowest BCUT2D eigenvalue weighted by molar-refractivity contribution is -0.107. The summed E-state index contributed by atoms with van der Waals surface area (Å²) in [5, 5.41) is 1.78. The van der Waals surface area contributed by atoms with Crippen LogP contribution in [0.3, 0.4) is 0 Å². The van der Waals surface area contributed by atoms with Crippen LogP contribution >= 0.6 is 158 Å². The van der Waals surface area contributed by atoms with E-state index in [1.807, 2.05) is 0 Å². The summed E-state index contributed by atoms with van der Waals surface area (Å²) in [4.78, 5) is 9.37. The van der Waals surface area contributed by atoms with Crippen molar-refractivity contribution in [2.45, 2.75) is 284 Å². The van der Waals surface area contributed by atoms with Crippen LogP contribution in [-0.2, 0) is 53.5 Å². The average Bonchev–Trinajstić information content (AvgIpc) is 1.57. The molecule has 0 N–H and O–H groups in total. The predicted octanol–water partition coefficient (Wildman–Crippen LogP) is 40.4. The molecule has 5 nitrogen and oxygen atoms in total. The summed E-state index contributed by atoms with van der Waals surface area (Å²) in [5.41, 5.74) is 46.5. The minimum Gasteiger partial charge on any atom is -0.405 e. The van der Waals surface area contributed by atoms with Crippen LogP contribution in [0.1, 0.15) is 323 Å². The highest BCUT2D eigenvalue weighted by Crippen LogP contribution is 2.59. The molecule has 7 aliphatic carbocycles. The second-order valence-electron chi connectivity index (χ2n) is 40.7. The van der Waals surface area contributed by atoms with Gasteiger partial charge < -0.3 is 23.4 Å². The first-order chi connectivity index (χ1) is 71.1. The number of rotatable bonds is 37. The molecule has 2 heterocycles. The number of carbonyl (C=O) groups is 1. The Labute approximate surface area is 957 Å². The zero-order valence-corrected chi connectivity index (χ0v) is 102. The highest BCUT2D eigenvalue weighted by atomic mass is 79.9. The van der Waals surface area contributed by atoms with E-state index < -0.39 is 11.4 Å². The molecule has 2 aliphatic heterocycles. The van der Waals surface area contributed by atoms with Gasteiger partial charge in [-0.15, -0.1) is 0 Å². The van der Waals surface area contributed by atoms with Crippen molar-refractivity contribution >= 4 is 212 Å². The van der Waals surface area contributed by atoms with Crippen LogP contribution in [0.15, 0.2) is 251 Å². The van der Waals surface area contributed by atoms with Crippen LogP contribution in [0.25, 0.3) is 89.0 Å². The predicted molar refractivity (Wildman–Crippen MR) is 658 cm³/mol. The summed E-state index contributed by atoms with van der Waals surface area (Å²) < 4.78 is 30.8. The molecule has 0 radical (unpaired) electrons. The van der Waals surface area contributed by atoms with E-state index in [9.17, 15) is 4.79 Å². The van der Waals surface area contributed by atoms with Crippen molar-refractivity contribution in [1.29, 1.82) is 0 Å². The monoisotopic (exact) mass is 2530 g/mol. The van der Waals surface area contributed by atoms with Gasteiger partial charge in [0.15, 0.2) is 0 Å². The molecule has 764 valence electrons. The van der Waals surface area contributed by atoms with Crippen LogP contribution in [0.5, 0.6) is 0 Å². The lowest BCUT2D eigenvalue weighted by Gasteiger charge is -2.33. The molecule has 12 aromatic carbocycles. The first-order valence-electron chi connectivity index (χ1n) is 54.1. The molecule has 2 fully saturated rings. The average molecular weight is 2540 g/mol. The molecule has 21 rings (SSSR count). The number of unbranched alkanes of at least 4 members (excludes halogenated alkanes) is 22. The number of aryl methyl sites for hydroxylation is 2. The zero-order valence-electron chi connectivity index (χ0n) is 86.1. The molecule has 12 aromatic rings. The maximum absolute atomic E-state index is 9.37. The quantitative estimate of drug-likeness (QED) is 0.0168. The van der Waals surface area contributed by atoms with Crippen LogP contribution in [-0.4, -0.2) is 69.0 Å². The second-order valence-corrected chi connectivity index (χ2v) is 54.1. The topological polar surface area (TPSA) is 54.0 Å². The van der Waals surface area contributed by atoms with Gasteiger partial charge in [0.2, 0.25) is 0 Å². The van der Waals surface area contributed by atoms with Crippen molar-refractivity contribution in [1.82, 2.24) is 0 Å². The Morgan fingerprint density at radius 1 is 0.336 bits per heavy atom. The molecular formula is C127H140AlB2Br8Cl3O5. The molecule has 0 spiro atoms. The third kappa shape index (κ3) is 28.8. The van der Waals surface area contributed by atoms with E-state index in [4.69, 9.17) is 48.8 Å². The van der Waals surface area contributed by atoms with Gasteiger partial charge in [0, 0.05) is 54.7 Å². The van der Waals surface area contributed by atoms with Crippen molar-refractivity contribution in [2.24, 2.45) is 0 Å². The zero-order chi connectivity index (χ0) is 103. The highest BCUT2D eigenvalue weighted by Gasteiger charge is 2.46. The molecule has 0 amide bonds. The summed E-state index contributed by atoms with van der Waals surface area (Å²) in [6.45, 7) is 16.4. The van der Waals surface area contributed by atoms with E-state index in [0.29, 0.717) is 32.8 Å². The van der Waals surface area contributed by atoms with Gasteiger partial charge in [-0.1, -0.05) is 485 Å². The van der Waals surface area contributed by atoms with Crippen LogP contribution in [0, 0.1) is 13.8 Å². The van der Waals surface area contributed by atoms with E-state index in [2.05, 4.69) is 393 Å². The number of halogens is 11. The Morgan fingerprint density at radius 3 is 1.09 bits per heavy atom. The van der Waals surface area contributed by atoms with Gasteiger partial charge >= 0.3 is 25.6 Å². The summed E-state index contributed by atoms with van der Waals surface area (Å²) in [6.07, 6.45) is 51.6. The standard InChI is InChI=1S/C44H54.C35H52B2O4.C16H11Br3.C16H10Br2.C13H8Br2.C3H5BrO.Al.3ClH/c1-5-7-9-11-13-15-25-44(26-16-14-12-10-8-6-2)42-28-33(4)18-22-40(42)41-24-20-35(31-43(41)44)34-19-23-39-37(29-34)30-36-27-32(3)17-21-38(36)39;1-3-5-7-9-11-13-15-21-35(22-16-14-12-10-8-6-4-2)33-27-29(36-38-23-24-39-36)17-19-31(33)32-20-18-30(28-34(32)35)37-40-25-26-41-37;17-7-1-2-12-15-8-10(18)3-5-13(15)14-6-4-11(19)9-16(12)14;17-9-4-5-10-12-6-7-15(18)13-3-1-2-11(16(12)13)14(10)8-9;14-10-1-3-12-8(6-10)5-9-7-11(15)2-4-13(9)12;4-2-1-3-5;;;;/h17-24,27-29,31H,5-16,25-26,30H2,1-4H3;17-20,27-28H,3-16,21-26H2,1-2H3;2-6,8-9H,1,7H2;2,4-8H,1,3H2;1-4,6-7H,5H2;3H,1-2H2;;3*1H/q;;;;;;+3;;;/p-3. The molecule has 146 heavy (non-hydrogen) atoms. The van der Waals surface area contributed by atoms with Gasteiger partial charge in [-0.05, 0) is 317 Å². The number of alkyl halides is 2. The Bertz CT molecular complexity index is 6300. The minimum atomic E-state index is -1.72. The smallest absolute Gasteiger partial charge is 0.405 e. The first-order valence-corrected chi connectivity index (χ1v) is 66.3. The summed E-state index contributed by atoms with van der Waals surface area (Å²) in [5.74, 6) is 0. The SMILES string of the molecule is BrCCC=C1c2cc(Br)ccc2-c2ccc(Br)cc21.Brc1ccc2c(c1)C1=CCCc3c(Br)ccc-2c31.Brc1ccc2c(c1)Cc1cc(Br)ccc1-2.CCCCCCCCC1(CCCCCCCC)c2cc(C)ccc2-c2ccc(-c3ccc4c(c3)Cc3cc(C)ccc3-4)cc21.CCCCCCCCCC1(CCCCCCCCC)c2cc(B3OCCO3)ccc2-c2ccc(B3OCCO3)cc21.O=CCCBr.[Cl][Al]([Cl])[Cl]. The van der Waals surface area contributed by atoms with E-state index in [-0.39, 0.29) is 25.1 Å². The van der Waals surface area contributed by atoms with Gasteiger partial charge in [0.05, 0.1) is 26.4 Å². The molecule has 0 saturated carbocycles. The summed E-state index contributed by atoms with van der Waals surface area (Å²) >= 11 is 26.3. The largest absolute Gasteiger partial charge is 0.643 e. The van der Waals surface area contributed by atoms with E-state index >= 15 is 0 Å². The fraction of sp³-hybridized carbons (Fsp3) is 0.394. The third-order valence-corrected chi connectivity index (χ3v) is 34.7. The maximum atomic E-state index is 9.37. The fourth-order valence-corrected chi connectivity index (χ4v) is 26.4. The van der Waals surface area contributed by atoms with Gasteiger partial charge in [0.1, 0.15) is 6.29 Å². The molecule has 2 saturated heterocycles. The Kier molecular flexibility index (Phi) is 45.3. The normalized spacial score (nSPS) is 14.3. The molecular weight excluding hydrogens is 2400 g/mol. The molecule has 9 aliphatic rings. The number of benzene rings is 12. The van der Waals surface area contributed by atoms with Crippen molar-refractivity contribution in [2.75, 3.05) is 37.1 Å². The van der Waals surface area contributed by atoms with Crippen molar-refractivity contribution in [3.63, 3.8) is 0 Å². The number of fused-ring (bicyclic) bond motifs is 18. The second kappa shape index (κ2) is 57.4. The van der Waals surface area contributed by atoms with Crippen LogP contribution in [0.4, 0.5) is 0 Å². The van der Waals surface area contributed by atoms with Crippen molar-refractivity contribution in [3.05, 3.63) is 335 Å². The van der Waals surface area contributed by atoms with E-state index in [0.717, 1.165) is 71.4 Å². The van der Waals surface area contributed by atoms with Crippen LogP contribution < -0.4 is 10.9 Å². The van der Waals surface area contributed by atoms with Gasteiger partial charge in [-0.2, -0.15) is 0 Å². The van der Waals surface area contributed by atoms with Crippen molar-refractivity contribution < 1.29 is 23.4 Å². The third-order valence-electron chi connectivity index (χ3n) is 30.6. The van der Waals surface area contributed by atoms with Crippen LogP contribution in [0.2, 0.25) is 0 Å². The molecule has 0 bridgehead atoms. The number of carbonyl (C=O) groups excluding carboxylic acids is 1. The molecule has 0 aromatic heterocycles. The number of hydrogen-bond donors (Lipinski definition) is 0. The summed E-state index contributed by atoms with van der Waals surface area (Å²) in [6, 6.07) is 80.1. The van der Waals surface area contributed by atoms with Crippen molar-refractivity contribution in [3.8, 4) is 77.9 Å². The first kappa shape index (κ1) is 115. The molecule has 0 unspecified atom stereocenters. The van der Waals surface area contributed by atoms with Gasteiger partial charge in [-0.3, -0.25) is 0 Å². The maximum Gasteiger partial charge on any atom is 0.643 e. The fourth-order valence-electron chi connectivity index (χ4n) is 23.5. The lowest BCUT2D eigenvalue weighted by atomic mass is 9.67. The lowest BCUT2D eigenvalue weighted by Crippen LogP contribution is -2.35.